The summed E-state index contributed by atoms with van der Waals surface area (Å²) >= 11 is 0. The van der Waals surface area contributed by atoms with E-state index < -0.39 is 0 Å². The predicted octanol–water partition coefficient (Wildman–Crippen LogP) is -2.83. The van der Waals surface area contributed by atoms with Crippen molar-refractivity contribution >= 4 is 11.8 Å². The highest BCUT2D eigenvalue weighted by molar-refractivity contribution is 5.85. The second kappa shape index (κ2) is 4.59. The first-order valence-electron chi connectivity index (χ1n) is 5.27. The topological polar surface area (TPSA) is 63.1 Å². The van der Waals surface area contributed by atoms with E-state index in [0.717, 1.165) is 26.3 Å². The van der Waals surface area contributed by atoms with E-state index in [2.05, 4.69) is 5.43 Å². The van der Waals surface area contributed by atoms with Gasteiger partial charge in [0.05, 0.1) is 19.8 Å². The molecule has 84 valence electrons. The number of hydrogen-bond acceptors (Lipinski definition) is 3. The van der Waals surface area contributed by atoms with Crippen LogP contribution >= 0.6 is 0 Å². The smallest absolute Gasteiger partial charge is 0.296 e. The van der Waals surface area contributed by atoms with E-state index in [4.69, 9.17) is 4.74 Å². The van der Waals surface area contributed by atoms with Crippen molar-refractivity contribution in [3.8, 4) is 0 Å². The largest absolute Gasteiger partial charge is 0.370 e. The molecule has 2 aliphatic heterocycles. The fourth-order valence-corrected chi connectivity index (χ4v) is 1.81. The van der Waals surface area contributed by atoms with Crippen LogP contribution < -0.4 is 10.3 Å². The molecule has 6 heteroatoms. The summed E-state index contributed by atoms with van der Waals surface area (Å²) in [5, 5.41) is 1.42. The summed E-state index contributed by atoms with van der Waals surface area (Å²) in [4.78, 5) is 23.9. The number of carbonyl (C=O) groups is 2. The quantitative estimate of drug-likeness (QED) is 0.520. The zero-order chi connectivity index (χ0) is 10.7. The van der Waals surface area contributed by atoms with Gasteiger partial charge >= 0.3 is 0 Å². The Kier molecular flexibility index (Phi) is 3.17. The van der Waals surface area contributed by atoms with Gasteiger partial charge in [-0.05, 0) is 0 Å². The zero-order valence-corrected chi connectivity index (χ0v) is 8.62. The third kappa shape index (κ3) is 2.66. The standard InChI is InChI=1S/C9H15N3O3/c13-8-1-2-12(10-8)9(14)7-11-3-5-15-6-4-11/h1-7H2,(H,10,13)/p+1. The molecule has 0 aromatic heterocycles. The Morgan fingerprint density at radius 2 is 2.20 bits per heavy atom. The maximum Gasteiger partial charge on any atom is 0.296 e. The maximum absolute atomic E-state index is 11.7. The third-order valence-corrected chi connectivity index (χ3v) is 2.72. The van der Waals surface area contributed by atoms with E-state index in [9.17, 15) is 9.59 Å². The molecule has 0 bridgehead atoms. The van der Waals surface area contributed by atoms with Crippen LogP contribution in [0.1, 0.15) is 6.42 Å². The highest BCUT2D eigenvalue weighted by atomic mass is 16.5. The van der Waals surface area contributed by atoms with Gasteiger partial charge in [-0.25, -0.2) is 5.01 Å². The van der Waals surface area contributed by atoms with Gasteiger partial charge in [-0.1, -0.05) is 0 Å². The van der Waals surface area contributed by atoms with E-state index in [0.29, 0.717) is 19.5 Å². The van der Waals surface area contributed by atoms with Crippen molar-refractivity contribution in [2.75, 3.05) is 39.4 Å². The normalized spacial score (nSPS) is 22.9. The highest BCUT2D eigenvalue weighted by Gasteiger charge is 2.27. The molecule has 2 rings (SSSR count). The molecule has 0 aromatic carbocycles. The van der Waals surface area contributed by atoms with Crippen LogP contribution in [-0.4, -0.2) is 56.2 Å². The number of nitrogens with zero attached hydrogens (tertiary/aromatic N) is 1. The predicted molar refractivity (Wildman–Crippen MR) is 50.9 cm³/mol. The third-order valence-electron chi connectivity index (χ3n) is 2.72. The molecule has 2 aliphatic rings. The van der Waals surface area contributed by atoms with Gasteiger partial charge in [-0.15, -0.1) is 0 Å². The second-order valence-electron chi connectivity index (χ2n) is 3.87. The van der Waals surface area contributed by atoms with Gasteiger partial charge in [0.2, 0.25) is 5.91 Å². The average Bonchev–Trinajstić information content (AvgIpc) is 2.66. The van der Waals surface area contributed by atoms with Gasteiger partial charge in [0.25, 0.3) is 5.91 Å². The van der Waals surface area contributed by atoms with Gasteiger partial charge < -0.3 is 9.64 Å². The zero-order valence-electron chi connectivity index (χ0n) is 8.62. The highest BCUT2D eigenvalue weighted by Crippen LogP contribution is 1.97. The number of quaternary nitrogens is 1. The molecule has 0 aliphatic carbocycles. The van der Waals surface area contributed by atoms with Crippen LogP contribution in [-0.2, 0) is 14.3 Å². The van der Waals surface area contributed by atoms with E-state index in [1.54, 1.807) is 0 Å². The Morgan fingerprint density at radius 3 is 2.80 bits per heavy atom. The summed E-state index contributed by atoms with van der Waals surface area (Å²) < 4.78 is 5.21. The van der Waals surface area contributed by atoms with Crippen molar-refractivity contribution in [2.45, 2.75) is 6.42 Å². The lowest BCUT2D eigenvalue weighted by Crippen LogP contribution is -3.15. The lowest BCUT2D eigenvalue weighted by atomic mass is 10.4. The number of morpholine rings is 1. The van der Waals surface area contributed by atoms with Crippen LogP contribution in [0.4, 0.5) is 0 Å². The van der Waals surface area contributed by atoms with Crippen LogP contribution in [0.2, 0.25) is 0 Å². The second-order valence-corrected chi connectivity index (χ2v) is 3.87. The van der Waals surface area contributed by atoms with Crippen molar-refractivity contribution in [3.05, 3.63) is 0 Å². The molecule has 0 atom stereocenters. The lowest BCUT2D eigenvalue weighted by Gasteiger charge is -2.25. The average molecular weight is 214 g/mol. The first-order valence-corrected chi connectivity index (χ1v) is 5.27. The van der Waals surface area contributed by atoms with Crippen molar-refractivity contribution in [1.29, 1.82) is 0 Å². The van der Waals surface area contributed by atoms with Crippen molar-refractivity contribution in [3.63, 3.8) is 0 Å². The number of rotatable bonds is 2. The number of ether oxygens (including phenoxy) is 1. The van der Waals surface area contributed by atoms with Crippen LogP contribution in [0.5, 0.6) is 0 Å². The molecule has 6 nitrogen and oxygen atoms in total. The summed E-state index contributed by atoms with van der Waals surface area (Å²) in [7, 11) is 0. The number of carbonyl (C=O) groups excluding carboxylic acids is 2. The number of hydrazine groups is 1. The van der Waals surface area contributed by atoms with Gasteiger partial charge in [-0.3, -0.25) is 15.0 Å². The minimum absolute atomic E-state index is 0.00208. The Morgan fingerprint density at radius 1 is 1.47 bits per heavy atom. The molecule has 2 N–H and O–H groups in total. The van der Waals surface area contributed by atoms with Crippen molar-refractivity contribution in [1.82, 2.24) is 10.4 Å². The molecule has 2 heterocycles. The molecule has 0 radical (unpaired) electrons. The molecule has 2 amide bonds. The van der Waals surface area contributed by atoms with E-state index in [1.807, 2.05) is 0 Å². The SMILES string of the molecule is O=C1CCN(C(=O)C[NH+]2CCOCC2)N1. The van der Waals surface area contributed by atoms with E-state index >= 15 is 0 Å². The summed E-state index contributed by atoms with van der Waals surface area (Å²) in [6.07, 6.45) is 0.421. The van der Waals surface area contributed by atoms with Gasteiger partial charge in [-0.2, -0.15) is 0 Å². The van der Waals surface area contributed by atoms with Crippen molar-refractivity contribution in [2.24, 2.45) is 0 Å². The molecule has 0 unspecified atom stereocenters. The Bertz CT molecular complexity index is 263. The van der Waals surface area contributed by atoms with E-state index in [-0.39, 0.29) is 11.8 Å². The molecule has 2 fully saturated rings. The Balaban J connectivity index is 1.78. The molecule has 0 saturated carbocycles. The van der Waals surface area contributed by atoms with Gasteiger partial charge in [0, 0.05) is 6.42 Å². The number of hydrogen-bond donors (Lipinski definition) is 2. The molecule has 0 spiro atoms. The monoisotopic (exact) mass is 214 g/mol. The summed E-state index contributed by atoms with van der Waals surface area (Å²) in [6.45, 7) is 4.12. The summed E-state index contributed by atoms with van der Waals surface area (Å²) in [6, 6.07) is 0. The van der Waals surface area contributed by atoms with Crippen LogP contribution in [0.15, 0.2) is 0 Å². The Labute approximate surface area is 88.1 Å². The number of amides is 2. The van der Waals surface area contributed by atoms with Gasteiger partial charge in [0.1, 0.15) is 13.1 Å². The molecule has 2 saturated heterocycles. The fraction of sp³-hybridized carbons (Fsp3) is 0.778. The number of nitrogens with one attached hydrogen (secondary N) is 2. The minimum atomic E-state index is -0.0691. The lowest BCUT2D eigenvalue weighted by molar-refractivity contribution is -0.900. The maximum atomic E-state index is 11.7. The summed E-state index contributed by atoms with van der Waals surface area (Å²) in [5.41, 5.74) is 2.54. The van der Waals surface area contributed by atoms with Crippen LogP contribution in [0, 0.1) is 0 Å². The fourth-order valence-electron chi connectivity index (χ4n) is 1.81. The first kappa shape index (κ1) is 10.4. The van der Waals surface area contributed by atoms with Crippen molar-refractivity contribution < 1.29 is 19.2 Å². The Hall–Kier alpha value is -1.14. The molecular formula is C9H16N3O3+. The molecular weight excluding hydrogens is 198 g/mol. The first-order chi connectivity index (χ1) is 7.25. The minimum Gasteiger partial charge on any atom is -0.370 e. The summed E-state index contributed by atoms with van der Waals surface area (Å²) in [5.74, 6) is -0.0712. The van der Waals surface area contributed by atoms with Crippen LogP contribution in [0.25, 0.3) is 0 Å². The van der Waals surface area contributed by atoms with E-state index in [1.165, 1.54) is 9.91 Å². The van der Waals surface area contributed by atoms with Gasteiger partial charge in [0.15, 0.2) is 6.54 Å². The van der Waals surface area contributed by atoms with Crippen LogP contribution in [0.3, 0.4) is 0 Å². The molecule has 15 heavy (non-hydrogen) atoms. The molecule has 0 aromatic rings.